The van der Waals surface area contributed by atoms with E-state index in [4.69, 9.17) is 4.74 Å². The molecule has 3 aromatic heterocycles. The third-order valence-corrected chi connectivity index (χ3v) is 6.24. The Hall–Kier alpha value is -4.50. The van der Waals surface area contributed by atoms with E-state index in [-0.39, 0.29) is 23.8 Å². The summed E-state index contributed by atoms with van der Waals surface area (Å²) in [6.45, 7) is 2.50. The number of hydrogen-bond donors (Lipinski definition) is 2. The van der Waals surface area contributed by atoms with Gasteiger partial charge < -0.3 is 10.1 Å². The molecule has 0 aliphatic carbocycles. The third-order valence-electron chi connectivity index (χ3n) is 5.35. The molecule has 0 atom stereocenters. The Kier molecular flexibility index (Phi) is 6.72. The highest BCUT2D eigenvalue weighted by molar-refractivity contribution is 7.13. The maximum Gasteiger partial charge on any atom is 0.252 e. The van der Waals surface area contributed by atoms with Gasteiger partial charge in [0.15, 0.2) is 0 Å². The van der Waals surface area contributed by atoms with Crippen LogP contribution in [-0.4, -0.2) is 32.3 Å². The first-order chi connectivity index (χ1) is 17.6. The van der Waals surface area contributed by atoms with Gasteiger partial charge in [0.25, 0.3) is 5.56 Å². The van der Waals surface area contributed by atoms with E-state index in [9.17, 15) is 9.59 Å². The monoisotopic (exact) mass is 497 g/mol. The second kappa shape index (κ2) is 10.4. The number of nitrogens with one attached hydrogen (secondary N) is 2. The Labute approximate surface area is 211 Å². The number of ether oxygens (including phenoxy) is 1. The smallest absolute Gasteiger partial charge is 0.252 e. The summed E-state index contributed by atoms with van der Waals surface area (Å²) in [6, 6.07) is 23.9. The van der Waals surface area contributed by atoms with Crippen molar-refractivity contribution in [1.29, 1.82) is 0 Å². The molecule has 2 aromatic carbocycles. The Morgan fingerprint density at radius 3 is 2.56 bits per heavy atom. The topological polar surface area (TPSA) is 102 Å². The number of thiophene rings is 1. The highest BCUT2D eigenvalue weighted by Gasteiger charge is 2.17. The zero-order valence-corrected chi connectivity index (χ0v) is 20.3. The second-order valence-electron chi connectivity index (χ2n) is 7.93. The summed E-state index contributed by atoms with van der Waals surface area (Å²) in [6.07, 6.45) is 0.167. The lowest BCUT2D eigenvalue weighted by atomic mass is 10.1. The van der Waals surface area contributed by atoms with Crippen molar-refractivity contribution in [3.63, 3.8) is 0 Å². The standard InChI is InChI=1S/C27H23N5O3S/c1-2-35-20-12-10-18(11-13-20)15-25(33)29-24-16-22(23-9-6-14-36-23)31-32(24)27-28-21(17-26(34)30-27)19-7-4-3-5-8-19/h3-14,16-17H,2,15H2,1H3,(H,29,33)(H,28,30,34). The van der Waals surface area contributed by atoms with Crippen molar-refractivity contribution in [3.8, 4) is 33.5 Å². The number of aromatic amines is 1. The molecule has 0 aliphatic heterocycles. The van der Waals surface area contributed by atoms with E-state index in [0.29, 0.717) is 23.8 Å². The van der Waals surface area contributed by atoms with Crippen LogP contribution in [0.25, 0.3) is 27.8 Å². The van der Waals surface area contributed by atoms with Gasteiger partial charge in [0.05, 0.1) is 23.6 Å². The Balaban J connectivity index is 1.47. The number of benzene rings is 2. The number of anilines is 1. The minimum Gasteiger partial charge on any atom is -0.494 e. The second-order valence-corrected chi connectivity index (χ2v) is 8.87. The minimum atomic E-state index is -0.321. The quantitative estimate of drug-likeness (QED) is 0.316. The van der Waals surface area contributed by atoms with Crippen molar-refractivity contribution in [1.82, 2.24) is 19.7 Å². The number of nitrogens with zero attached hydrogens (tertiary/aromatic N) is 3. The highest BCUT2D eigenvalue weighted by atomic mass is 32.1. The molecule has 0 radical (unpaired) electrons. The third kappa shape index (κ3) is 5.26. The van der Waals surface area contributed by atoms with Crippen LogP contribution in [0.15, 0.2) is 89.0 Å². The van der Waals surface area contributed by atoms with E-state index in [1.807, 2.05) is 79.0 Å². The molecule has 2 N–H and O–H groups in total. The van der Waals surface area contributed by atoms with Gasteiger partial charge >= 0.3 is 0 Å². The summed E-state index contributed by atoms with van der Waals surface area (Å²) in [5, 5.41) is 9.54. The molecule has 3 heterocycles. The van der Waals surface area contributed by atoms with E-state index in [1.165, 1.54) is 22.1 Å². The first-order valence-electron chi connectivity index (χ1n) is 11.4. The minimum absolute atomic E-state index is 0.167. The van der Waals surface area contributed by atoms with Crippen LogP contribution in [0.3, 0.4) is 0 Å². The van der Waals surface area contributed by atoms with Gasteiger partial charge in [-0.1, -0.05) is 48.5 Å². The first kappa shape index (κ1) is 23.3. The lowest BCUT2D eigenvalue weighted by Gasteiger charge is -2.10. The summed E-state index contributed by atoms with van der Waals surface area (Å²) in [5.41, 5.74) is 2.50. The Bertz CT molecular complexity index is 1520. The molecule has 5 aromatic rings. The van der Waals surface area contributed by atoms with Crippen molar-refractivity contribution < 1.29 is 9.53 Å². The van der Waals surface area contributed by atoms with Crippen LogP contribution < -0.4 is 15.6 Å². The van der Waals surface area contributed by atoms with Crippen LogP contribution in [-0.2, 0) is 11.2 Å². The Morgan fingerprint density at radius 2 is 1.83 bits per heavy atom. The maximum absolute atomic E-state index is 13.0. The number of rotatable bonds is 8. The van der Waals surface area contributed by atoms with E-state index in [2.05, 4.69) is 20.4 Å². The van der Waals surface area contributed by atoms with Crippen molar-refractivity contribution in [2.75, 3.05) is 11.9 Å². The fourth-order valence-corrected chi connectivity index (χ4v) is 4.40. The molecular weight excluding hydrogens is 474 g/mol. The largest absolute Gasteiger partial charge is 0.494 e. The SMILES string of the molecule is CCOc1ccc(CC(=O)Nc2cc(-c3cccs3)nn2-c2nc(-c3ccccc3)cc(=O)[nH]2)cc1. The van der Waals surface area contributed by atoms with Crippen LogP contribution in [0.5, 0.6) is 5.75 Å². The molecule has 0 aliphatic rings. The summed E-state index contributed by atoms with van der Waals surface area (Å²) in [4.78, 5) is 33.8. The number of hydrogen-bond acceptors (Lipinski definition) is 6. The fraction of sp³-hybridized carbons (Fsp3) is 0.111. The van der Waals surface area contributed by atoms with Crippen LogP contribution in [0.4, 0.5) is 5.82 Å². The first-order valence-corrected chi connectivity index (χ1v) is 12.3. The van der Waals surface area contributed by atoms with E-state index < -0.39 is 0 Å². The van der Waals surface area contributed by atoms with Gasteiger partial charge in [0.2, 0.25) is 11.9 Å². The van der Waals surface area contributed by atoms with Gasteiger partial charge in [-0.05, 0) is 36.1 Å². The molecule has 0 unspecified atom stereocenters. The Morgan fingerprint density at radius 1 is 1.03 bits per heavy atom. The molecule has 0 saturated carbocycles. The molecule has 0 saturated heterocycles. The van der Waals surface area contributed by atoms with Crippen LogP contribution in [0.1, 0.15) is 12.5 Å². The molecule has 0 fully saturated rings. The van der Waals surface area contributed by atoms with Gasteiger partial charge in [0.1, 0.15) is 17.3 Å². The number of aromatic nitrogens is 4. The summed E-state index contributed by atoms with van der Waals surface area (Å²) in [7, 11) is 0. The molecule has 0 spiro atoms. The molecule has 8 nitrogen and oxygen atoms in total. The van der Waals surface area contributed by atoms with Gasteiger partial charge in [0, 0.05) is 17.7 Å². The maximum atomic E-state index is 13.0. The number of H-pyrrole nitrogens is 1. The van der Waals surface area contributed by atoms with Crippen molar-refractivity contribution in [2.24, 2.45) is 0 Å². The van der Waals surface area contributed by atoms with Crippen molar-refractivity contribution >= 4 is 23.1 Å². The normalized spacial score (nSPS) is 10.8. The summed E-state index contributed by atoms with van der Waals surface area (Å²) >= 11 is 1.53. The number of amides is 1. The molecule has 1 amide bonds. The highest BCUT2D eigenvalue weighted by Crippen LogP contribution is 2.28. The zero-order valence-electron chi connectivity index (χ0n) is 19.5. The van der Waals surface area contributed by atoms with Gasteiger partial charge in [-0.2, -0.15) is 9.78 Å². The van der Waals surface area contributed by atoms with Gasteiger partial charge in [-0.3, -0.25) is 14.6 Å². The summed E-state index contributed by atoms with van der Waals surface area (Å²) in [5.74, 6) is 1.15. The number of carbonyl (C=O) groups excluding carboxylic acids is 1. The lowest BCUT2D eigenvalue weighted by Crippen LogP contribution is -2.19. The van der Waals surface area contributed by atoms with E-state index >= 15 is 0 Å². The van der Waals surface area contributed by atoms with Crippen LogP contribution in [0.2, 0.25) is 0 Å². The molecule has 180 valence electrons. The van der Waals surface area contributed by atoms with Crippen molar-refractivity contribution in [2.45, 2.75) is 13.3 Å². The fourth-order valence-electron chi connectivity index (χ4n) is 3.72. The zero-order chi connectivity index (χ0) is 24.9. The van der Waals surface area contributed by atoms with Crippen LogP contribution >= 0.6 is 11.3 Å². The predicted octanol–water partition coefficient (Wildman–Crippen LogP) is 4.93. The van der Waals surface area contributed by atoms with E-state index in [0.717, 1.165) is 21.8 Å². The average Bonchev–Trinajstić information content (AvgIpc) is 3.56. The summed E-state index contributed by atoms with van der Waals surface area (Å²) < 4.78 is 6.93. The van der Waals surface area contributed by atoms with Gasteiger partial charge in [-0.25, -0.2) is 4.98 Å². The van der Waals surface area contributed by atoms with Crippen molar-refractivity contribution in [3.05, 3.63) is 100 Å². The molecule has 5 rings (SSSR count). The molecule has 9 heteroatoms. The van der Waals surface area contributed by atoms with Crippen LogP contribution in [0, 0.1) is 0 Å². The molecule has 0 bridgehead atoms. The lowest BCUT2D eigenvalue weighted by molar-refractivity contribution is -0.115. The number of carbonyl (C=O) groups is 1. The molecule has 36 heavy (non-hydrogen) atoms. The predicted molar refractivity (Wildman–Crippen MR) is 141 cm³/mol. The average molecular weight is 498 g/mol. The van der Waals surface area contributed by atoms with Gasteiger partial charge in [-0.15, -0.1) is 11.3 Å². The molecular formula is C27H23N5O3S. The van der Waals surface area contributed by atoms with E-state index in [1.54, 1.807) is 6.07 Å².